The van der Waals surface area contributed by atoms with E-state index in [0.29, 0.717) is 0 Å². The Balaban J connectivity index is 2.28. The van der Waals surface area contributed by atoms with Gasteiger partial charge in [-0.15, -0.1) is 0 Å². The zero-order valence-corrected chi connectivity index (χ0v) is 13.7. The number of hydrazine groups is 1. The molecule has 0 bridgehead atoms. The summed E-state index contributed by atoms with van der Waals surface area (Å²) in [5.74, 6) is 5.76. The van der Waals surface area contributed by atoms with E-state index < -0.39 is 0 Å². The summed E-state index contributed by atoms with van der Waals surface area (Å²) in [5.41, 5.74) is 7.55. The molecule has 1 aromatic carbocycles. The molecule has 0 saturated carbocycles. The lowest BCUT2D eigenvalue weighted by atomic mass is 10.0. The van der Waals surface area contributed by atoms with E-state index in [-0.39, 0.29) is 6.04 Å². The summed E-state index contributed by atoms with van der Waals surface area (Å²) in [5, 5.41) is 4.48. The van der Waals surface area contributed by atoms with Crippen LogP contribution in [0.25, 0.3) is 0 Å². The molecule has 1 atom stereocenters. The molecule has 0 fully saturated rings. The largest absolute Gasteiger partial charge is 0.271 e. The van der Waals surface area contributed by atoms with Crippen molar-refractivity contribution in [3.8, 4) is 0 Å². The van der Waals surface area contributed by atoms with Crippen LogP contribution in [0.3, 0.4) is 0 Å². The molecule has 2 aromatic rings. The van der Waals surface area contributed by atoms with E-state index in [1.165, 1.54) is 16.8 Å². The highest BCUT2D eigenvalue weighted by Gasteiger charge is 2.16. The third-order valence-electron chi connectivity index (χ3n) is 3.43. The summed E-state index contributed by atoms with van der Waals surface area (Å²) in [6.45, 7) is 7.06. The molecule has 1 unspecified atom stereocenters. The molecule has 0 aliphatic heterocycles. The Morgan fingerprint density at radius 3 is 2.70 bits per heavy atom. The van der Waals surface area contributed by atoms with Gasteiger partial charge in [0, 0.05) is 23.1 Å². The van der Waals surface area contributed by atoms with Crippen molar-refractivity contribution < 1.29 is 0 Å². The number of hydrogen-bond acceptors (Lipinski definition) is 3. The Labute approximate surface area is 128 Å². The van der Waals surface area contributed by atoms with Crippen molar-refractivity contribution in [1.82, 2.24) is 15.2 Å². The number of aromatic nitrogens is 2. The van der Waals surface area contributed by atoms with Crippen LogP contribution in [-0.4, -0.2) is 9.78 Å². The van der Waals surface area contributed by atoms with E-state index in [1.807, 2.05) is 11.6 Å². The smallest absolute Gasteiger partial charge is 0.0596 e. The van der Waals surface area contributed by atoms with Gasteiger partial charge in [0.1, 0.15) is 0 Å². The third kappa shape index (κ3) is 3.29. The summed E-state index contributed by atoms with van der Waals surface area (Å²) in [4.78, 5) is 0. The SMILES string of the molecule is CCn1nc(C)cc1CC(NN)c1ccc(C)cc1Br. The number of hydrogen-bond donors (Lipinski definition) is 2. The highest BCUT2D eigenvalue weighted by molar-refractivity contribution is 9.10. The van der Waals surface area contributed by atoms with Crippen LogP contribution in [0.5, 0.6) is 0 Å². The van der Waals surface area contributed by atoms with E-state index in [1.54, 1.807) is 0 Å². The number of halogens is 1. The standard InChI is InChI=1S/C15H21BrN4/c1-4-20-12(8-11(3)19-20)9-15(18-17)13-6-5-10(2)7-14(13)16/h5-8,15,18H,4,9,17H2,1-3H3. The molecule has 0 saturated heterocycles. The molecule has 3 N–H and O–H groups in total. The van der Waals surface area contributed by atoms with Gasteiger partial charge in [-0.3, -0.25) is 16.0 Å². The van der Waals surface area contributed by atoms with Gasteiger partial charge in [-0.25, -0.2) is 0 Å². The average molecular weight is 337 g/mol. The molecule has 0 aliphatic carbocycles. The number of benzene rings is 1. The van der Waals surface area contributed by atoms with E-state index in [2.05, 4.69) is 64.6 Å². The van der Waals surface area contributed by atoms with Crippen LogP contribution in [0.1, 0.15) is 35.5 Å². The molecule has 0 aliphatic rings. The van der Waals surface area contributed by atoms with Crippen molar-refractivity contribution in [3.05, 3.63) is 51.3 Å². The second-order valence-corrected chi connectivity index (χ2v) is 5.90. The molecular weight excluding hydrogens is 316 g/mol. The number of nitrogens with two attached hydrogens (primary N) is 1. The Morgan fingerprint density at radius 2 is 2.10 bits per heavy atom. The minimum Gasteiger partial charge on any atom is -0.271 e. The second kappa shape index (κ2) is 6.52. The second-order valence-electron chi connectivity index (χ2n) is 5.04. The molecule has 4 nitrogen and oxygen atoms in total. The first kappa shape index (κ1) is 15.2. The van der Waals surface area contributed by atoms with Crippen molar-refractivity contribution in [2.75, 3.05) is 0 Å². The van der Waals surface area contributed by atoms with Gasteiger partial charge in [-0.2, -0.15) is 5.10 Å². The maximum Gasteiger partial charge on any atom is 0.0596 e. The number of nitrogens with zero attached hydrogens (tertiary/aromatic N) is 2. The minimum atomic E-state index is 0.0615. The van der Waals surface area contributed by atoms with Crippen LogP contribution >= 0.6 is 15.9 Å². The lowest BCUT2D eigenvalue weighted by Crippen LogP contribution is -2.30. The zero-order valence-electron chi connectivity index (χ0n) is 12.2. The van der Waals surface area contributed by atoms with Gasteiger partial charge in [0.2, 0.25) is 0 Å². The summed E-state index contributed by atoms with van der Waals surface area (Å²) >= 11 is 3.62. The van der Waals surface area contributed by atoms with Crippen LogP contribution < -0.4 is 11.3 Å². The number of nitrogens with one attached hydrogen (secondary N) is 1. The van der Waals surface area contributed by atoms with Crippen molar-refractivity contribution in [2.24, 2.45) is 5.84 Å². The fourth-order valence-electron chi connectivity index (χ4n) is 2.42. The topological polar surface area (TPSA) is 55.9 Å². The minimum absolute atomic E-state index is 0.0615. The fraction of sp³-hybridized carbons (Fsp3) is 0.400. The van der Waals surface area contributed by atoms with Crippen molar-refractivity contribution in [3.63, 3.8) is 0 Å². The molecular formula is C15H21BrN4. The van der Waals surface area contributed by atoms with E-state index in [4.69, 9.17) is 5.84 Å². The van der Waals surface area contributed by atoms with Gasteiger partial charge in [0.25, 0.3) is 0 Å². The van der Waals surface area contributed by atoms with E-state index >= 15 is 0 Å². The predicted molar refractivity (Wildman–Crippen MR) is 85.3 cm³/mol. The Morgan fingerprint density at radius 1 is 1.35 bits per heavy atom. The first-order valence-corrected chi connectivity index (χ1v) is 7.60. The number of aryl methyl sites for hydroxylation is 3. The molecule has 1 aromatic heterocycles. The monoisotopic (exact) mass is 336 g/mol. The quantitative estimate of drug-likeness (QED) is 0.651. The van der Waals surface area contributed by atoms with Gasteiger partial charge in [0.15, 0.2) is 0 Å². The summed E-state index contributed by atoms with van der Waals surface area (Å²) < 4.78 is 3.11. The summed E-state index contributed by atoms with van der Waals surface area (Å²) in [6, 6.07) is 8.51. The average Bonchev–Trinajstić information content (AvgIpc) is 2.76. The molecule has 0 radical (unpaired) electrons. The van der Waals surface area contributed by atoms with Crippen molar-refractivity contribution in [1.29, 1.82) is 0 Å². The van der Waals surface area contributed by atoms with Gasteiger partial charge in [-0.05, 0) is 44.0 Å². The fourth-order valence-corrected chi connectivity index (χ4v) is 3.19. The zero-order chi connectivity index (χ0) is 14.7. The molecule has 2 rings (SSSR count). The predicted octanol–water partition coefficient (Wildman–Crippen LogP) is 3.03. The van der Waals surface area contributed by atoms with Crippen LogP contribution in [0.2, 0.25) is 0 Å². The van der Waals surface area contributed by atoms with E-state index in [0.717, 1.165) is 23.1 Å². The Hall–Kier alpha value is -1.17. The maximum absolute atomic E-state index is 5.76. The maximum atomic E-state index is 5.76. The van der Waals surface area contributed by atoms with Crippen molar-refractivity contribution in [2.45, 2.75) is 39.8 Å². The highest BCUT2D eigenvalue weighted by atomic mass is 79.9. The molecule has 0 amide bonds. The molecule has 20 heavy (non-hydrogen) atoms. The van der Waals surface area contributed by atoms with Crippen molar-refractivity contribution >= 4 is 15.9 Å². The Kier molecular flexibility index (Phi) is 4.96. The highest BCUT2D eigenvalue weighted by Crippen LogP contribution is 2.27. The summed E-state index contributed by atoms with van der Waals surface area (Å²) in [6.07, 6.45) is 0.812. The van der Waals surface area contributed by atoms with Gasteiger partial charge >= 0.3 is 0 Å². The van der Waals surface area contributed by atoms with Gasteiger partial charge in [-0.1, -0.05) is 28.1 Å². The van der Waals surface area contributed by atoms with E-state index in [9.17, 15) is 0 Å². The normalized spacial score (nSPS) is 12.7. The molecule has 1 heterocycles. The molecule has 108 valence electrons. The Bertz CT molecular complexity index is 592. The van der Waals surface area contributed by atoms with Crippen LogP contribution in [-0.2, 0) is 13.0 Å². The first-order chi connectivity index (χ1) is 9.55. The first-order valence-electron chi connectivity index (χ1n) is 6.80. The third-order valence-corrected chi connectivity index (χ3v) is 4.12. The van der Waals surface area contributed by atoms with Crippen LogP contribution in [0.15, 0.2) is 28.7 Å². The lowest BCUT2D eigenvalue weighted by molar-refractivity contribution is 0.515. The molecule has 5 heteroatoms. The summed E-state index contributed by atoms with van der Waals surface area (Å²) in [7, 11) is 0. The van der Waals surface area contributed by atoms with Gasteiger partial charge < -0.3 is 0 Å². The van der Waals surface area contributed by atoms with Gasteiger partial charge in [0.05, 0.1) is 11.7 Å². The van der Waals surface area contributed by atoms with Crippen LogP contribution in [0, 0.1) is 13.8 Å². The van der Waals surface area contributed by atoms with Crippen LogP contribution in [0.4, 0.5) is 0 Å². The lowest BCUT2D eigenvalue weighted by Gasteiger charge is -2.18. The molecule has 0 spiro atoms. The number of rotatable bonds is 5.